The molecule has 0 aliphatic heterocycles. The monoisotopic (exact) mass is 182 g/mol. The molecule has 7 heteroatoms. The minimum Gasteiger partial charge on any atom is -1.00 e. The number of halogens is 1. The second-order valence-corrected chi connectivity index (χ2v) is 1.42. The molecule has 2 N–H and O–H groups in total. The van der Waals surface area contributed by atoms with Crippen molar-refractivity contribution < 1.29 is 66.0 Å². The van der Waals surface area contributed by atoms with Crippen molar-refractivity contribution in [1.29, 1.82) is 0 Å². The first kappa shape index (κ1) is 15.8. The SMILES string of the molecule is O=P(O)(O)F.[H-].[Na+].[Ni]. The van der Waals surface area contributed by atoms with Crippen LogP contribution in [0.1, 0.15) is 1.43 Å². The van der Waals surface area contributed by atoms with E-state index in [1.54, 1.807) is 0 Å². The third kappa shape index (κ3) is 95.0. The summed E-state index contributed by atoms with van der Waals surface area (Å²) in [5.74, 6) is 0. The molecule has 0 saturated heterocycles. The van der Waals surface area contributed by atoms with Gasteiger partial charge in [0.25, 0.3) is 0 Å². The molecule has 0 saturated carbocycles. The average molecular weight is 183 g/mol. The van der Waals surface area contributed by atoms with Gasteiger partial charge in [-0.2, -0.15) is 0 Å². The van der Waals surface area contributed by atoms with Gasteiger partial charge in [0.15, 0.2) is 0 Å². The van der Waals surface area contributed by atoms with Crippen LogP contribution >= 0.6 is 7.91 Å². The van der Waals surface area contributed by atoms with E-state index in [9.17, 15) is 4.20 Å². The summed E-state index contributed by atoms with van der Waals surface area (Å²) in [4.78, 5) is 13.9. The molecule has 0 atom stereocenters. The summed E-state index contributed by atoms with van der Waals surface area (Å²) >= 11 is 0. The zero-order valence-electron chi connectivity index (χ0n) is 4.44. The Kier molecular flexibility index (Phi) is 12.9. The molecule has 0 radical (unpaired) electrons. The normalized spacial score (nSPS) is 8.43. The van der Waals surface area contributed by atoms with Gasteiger partial charge in [-0.15, -0.1) is 4.20 Å². The maximum absolute atomic E-state index is 10.4. The molecule has 0 unspecified atom stereocenters. The van der Waals surface area contributed by atoms with E-state index in [1.807, 2.05) is 0 Å². The first-order chi connectivity index (χ1) is 2.00. The maximum Gasteiger partial charge on any atom is 1.00 e. The van der Waals surface area contributed by atoms with Gasteiger partial charge in [-0.1, -0.05) is 0 Å². The van der Waals surface area contributed by atoms with Crippen LogP contribution in [0.3, 0.4) is 0 Å². The van der Waals surface area contributed by atoms with E-state index in [2.05, 4.69) is 0 Å². The van der Waals surface area contributed by atoms with Crippen LogP contribution in [0.5, 0.6) is 0 Å². The number of rotatable bonds is 0. The standard InChI is InChI=1S/FH2O3P.Na.Ni.H/c1-5(2,3)4;;;/h(H2,2,3,4);;;/q;+1;;-1. The summed E-state index contributed by atoms with van der Waals surface area (Å²) in [6.07, 6.45) is 0. The fourth-order valence-electron chi connectivity index (χ4n) is 0. The molecule has 0 aliphatic rings. The van der Waals surface area contributed by atoms with Gasteiger partial charge in [-0.05, 0) is 0 Å². The van der Waals surface area contributed by atoms with Crippen molar-refractivity contribution in [2.24, 2.45) is 0 Å². The van der Waals surface area contributed by atoms with Gasteiger partial charge in [0.05, 0.1) is 0 Å². The fraction of sp³-hybridized carbons (Fsp3) is 0. The first-order valence-corrected chi connectivity index (χ1v) is 2.25. The fourth-order valence-corrected chi connectivity index (χ4v) is 0. The molecule has 0 aliphatic carbocycles. The van der Waals surface area contributed by atoms with Crippen molar-refractivity contribution in [1.82, 2.24) is 0 Å². The maximum atomic E-state index is 10.4. The number of hydrogen-bond donors (Lipinski definition) is 2. The van der Waals surface area contributed by atoms with Crippen molar-refractivity contribution in [3.63, 3.8) is 0 Å². The van der Waals surface area contributed by atoms with Gasteiger partial charge in [0.1, 0.15) is 0 Å². The van der Waals surface area contributed by atoms with E-state index in [0.29, 0.717) is 0 Å². The molecule has 0 rings (SSSR count). The van der Waals surface area contributed by atoms with Gasteiger partial charge in [0.2, 0.25) is 0 Å². The van der Waals surface area contributed by atoms with Gasteiger partial charge in [-0.3, -0.25) is 9.79 Å². The molecule has 0 amide bonds. The van der Waals surface area contributed by atoms with Crippen molar-refractivity contribution in [2.45, 2.75) is 0 Å². The van der Waals surface area contributed by atoms with Crippen LogP contribution < -0.4 is 29.6 Å². The van der Waals surface area contributed by atoms with Crippen LogP contribution in [0, 0.1) is 0 Å². The summed E-state index contributed by atoms with van der Waals surface area (Å²) in [7, 11) is -5.14. The third-order valence-corrected chi connectivity index (χ3v) is 0. The molecule has 0 bridgehead atoms. The quantitative estimate of drug-likeness (QED) is 0.314. The molecule has 0 aromatic heterocycles. The molecule has 0 spiro atoms. The summed E-state index contributed by atoms with van der Waals surface area (Å²) in [6, 6.07) is 0. The topological polar surface area (TPSA) is 57.5 Å². The molecular weight excluding hydrogens is 180 g/mol. The predicted octanol–water partition coefficient (Wildman–Crippen LogP) is -2.84. The Hall–Kier alpha value is 1.57. The first-order valence-electron chi connectivity index (χ1n) is 0.752. The van der Waals surface area contributed by atoms with Crippen LogP contribution in [-0.2, 0) is 21.1 Å². The Morgan fingerprint density at radius 2 is 1.57 bits per heavy atom. The van der Waals surface area contributed by atoms with E-state index < -0.39 is 7.91 Å². The van der Waals surface area contributed by atoms with Crippen molar-refractivity contribution >= 4 is 7.91 Å². The Morgan fingerprint density at radius 1 is 1.57 bits per heavy atom. The second-order valence-electron chi connectivity index (χ2n) is 0.473. The van der Waals surface area contributed by atoms with Gasteiger partial charge >= 0.3 is 37.5 Å². The van der Waals surface area contributed by atoms with Crippen molar-refractivity contribution in [2.75, 3.05) is 0 Å². The van der Waals surface area contributed by atoms with Crippen LogP contribution in [0.4, 0.5) is 4.20 Å². The van der Waals surface area contributed by atoms with Crippen LogP contribution in [0.15, 0.2) is 0 Å². The Balaban J connectivity index is -0.0000000267. The molecule has 0 fully saturated rings. The van der Waals surface area contributed by atoms with Crippen LogP contribution in [0.25, 0.3) is 0 Å². The molecule has 7 heavy (non-hydrogen) atoms. The van der Waals surface area contributed by atoms with Gasteiger partial charge in [-0.25, -0.2) is 4.57 Å². The molecule has 3 nitrogen and oxygen atoms in total. The Morgan fingerprint density at radius 3 is 1.57 bits per heavy atom. The largest absolute Gasteiger partial charge is 1.00 e. The summed E-state index contributed by atoms with van der Waals surface area (Å²) in [5.41, 5.74) is 0. The van der Waals surface area contributed by atoms with E-state index in [4.69, 9.17) is 14.4 Å². The van der Waals surface area contributed by atoms with Gasteiger partial charge < -0.3 is 1.43 Å². The molecular formula is H3FNaNiO3P. The van der Waals surface area contributed by atoms with Gasteiger partial charge in [0, 0.05) is 16.5 Å². The van der Waals surface area contributed by atoms with Crippen molar-refractivity contribution in [3.05, 3.63) is 0 Å². The zero-order valence-corrected chi connectivity index (χ0v) is 7.33. The Labute approximate surface area is 73.7 Å². The molecule has 0 aromatic carbocycles. The van der Waals surface area contributed by atoms with E-state index in [1.165, 1.54) is 0 Å². The van der Waals surface area contributed by atoms with E-state index >= 15 is 0 Å². The summed E-state index contributed by atoms with van der Waals surface area (Å²) in [6.45, 7) is 0. The minimum absolute atomic E-state index is 0. The van der Waals surface area contributed by atoms with Crippen molar-refractivity contribution in [3.8, 4) is 0 Å². The molecule has 0 heterocycles. The second kappa shape index (κ2) is 5.71. The molecule has 0 aromatic rings. The minimum atomic E-state index is -5.14. The molecule has 44 valence electrons. The zero-order chi connectivity index (χ0) is 4.50. The van der Waals surface area contributed by atoms with E-state index in [-0.39, 0.29) is 47.5 Å². The van der Waals surface area contributed by atoms with Crippen LogP contribution in [0.2, 0.25) is 0 Å². The third-order valence-electron chi connectivity index (χ3n) is 0. The summed E-state index contributed by atoms with van der Waals surface area (Å²) in [5, 5.41) is 0. The van der Waals surface area contributed by atoms with Crippen LogP contribution in [-0.4, -0.2) is 9.79 Å². The Bertz CT molecular complexity index is 65.4. The summed E-state index contributed by atoms with van der Waals surface area (Å²) < 4.78 is 19.0. The predicted molar refractivity (Wildman–Crippen MR) is 14.3 cm³/mol. The number of hydrogen-bond acceptors (Lipinski definition) is 1. The van der Waals surface area contributed by atoms with E-state index in [0.717, 1.165) is 0 Å². The average Bonchev–Trinajstić information content (AvgIpc) is 0.722. The smallest absolute Gasteiger partial charge is 1.00 e.